The van der Waals surface area contributed by atoms with E-state index in [1.165, 1.54) is 0 Å². The van der Waals surface area contributed by atoms with Gasteiger partial charge in [-0.15, -0.1) is 0 Å². The Bertz CT molecular complexity index is 1170. The first-order valence-corrected chi connectivity index (χ1v) is 10.3. The average Bonchev–Trinajstić information content (AvgIpc) is 2.79. The summed E-state index contributed by atoms with van der Waals surface area (Å²) in [6, 6.07) is 12.5. The lowest BCUT2D eigenvalue weighted by molar-refractivity contribution is 0.182. The van der Waals surface area contributed by atoms with Gasteiger partial charge in [0.15, 0.2) is 0 Å². The fourth-order valence-corrected chi connectivity index (χ4v) is 4.12. The number of para-hydroxylation sites is 1. The van der Waals surface area contributed by atoms with Gasteiger partial charge in [0.1, 0.15) is 17.3 Å². The maximum atomic E-state index is 13.0. The Balaban J connectivity index is 1.48. The summed E-state index contributed by atoms with van der Waals surface area (Å²) in [6.45, 7) is 2.95. The summed E-state index contributed by atoms with van der Waals surface area (Å²) < 4.78 is 12.4. The molecule has 8 nitrogen and oxygen atoms in total. The minimum absolute atomic E-state index is 0.0139. The molecule has 0 spiro atoms. The quantitative estimate of drug-likeness (QED) is 0.694. The van der Waals surface area contributed by atoms with Gasteiger partial charge in [0.25, 0.3) is 5.56 Å². The number of methoxy groups -OCH3 is 2. The van der Waals surface area contributed by atoms with Crippen molar-refractivity contribution in [2.24, 2.45) is 0 Å². The van der Waals surface area contributed by atoms with E-state index in [0.29, 0.717) is 59.8 Å². The molecule has 0 unspecified atom stereocenters. The van der Waals surface area contributed by atoms with Crippen LogP contribution < -0.4 is 20.3 Å². The van der Waals surface area contributed by atoms with Gasteiger partial charge in [0.05, 0.1) is 30.8 Å². The second-order valence-electron chi connectivity index (χ2n) is 7.57. The van der Waals surface area contributed by atoms with Crippen LogP contribution in [0.1, 0.15) is 24.7 Å². The fraction of sp³-hybridized carbons (Fsp3) is 0.348. The highest BCUT2D eigenvalue weighted by atomic mass is 16.5. The van der Waals surface area contributed by atoms with Crippen LogP contribution in [0.15, 0.2) is 47.3 Å². The summed E-state index contributed by atoms with van der Waals surface area (Å²) >= 11 is 0. The summed E-state index contributed by atoms with van der Waals surface area (Å²) in [5.74, 6) is 1.90. The molecule has 1 N–H and O–H groups in total. The Morgan fingerprint density at radius 3 is 2.55 bits per heavy atom. The molecule has 2 aromatic carbocycles. The molecule has 1 aromatic heterocycles. The number of amides is 2. The summed E-state index contributed by atoms with van der Waals surface area (Å²) in [7, 11) is 3.13. The summed E-state index contributed by atoms with van der Waals surface area (Å²) in [4.78, 5) is 32.2. The maximum Gasteiger partial charge on any atom is 0.321 e. The summed E-state index contributed by atoms with van der Waals surface area (Å²) in [5, 5.41) is 3.53. The van der Waals surface area contributed by atoms with Crippen LogP contribution >= 0.6 is 0 Å². The van der Waals surface area contributed by atoms with Crippen molar-refractivity contribution >= 4 is 22.6 Å². The van der Waals surface area contributed by atoms with Gasteiger partial charge in [-0.05, 0) is 44.0 Å². The molecule has 2 amide bonds. The Kier molecular flexibility index (Phi) is 5.79. The highest BCUT2D eigenvalue weighted by molar-refractivity contribution is 5.91. The number of carbonyl (C=O) groups is 1. The van der Waals surface area contributed by atoms with Crippen LogP contribution in [-0.4, -0.2) is 47.8 Å². The zero-order valence-electron chi connectivity index (χ0n) is 17.9. The first-order valence-electron chi connectivity index (χ1n) is 10.3. The van der Waals surface area contributed by atoms with Crippen LogP contribution in [0.2, 0.25) is 0 Å². The number of urea groups is 1. The van der Waals surface area contributed by atoms with Crippen molar-refractivity contribution in [3.63, 3.8) is 0 Å². The Morgan fingerprint density at radius 1 is 1.10 bits per heavy atom. The topological polar surface area (TPSA) is 85.7 Å². The largest absolute Gasteiger partial charge is 0.497 e. The summed E-state index contributed by atoms with van der Waals surface area (Å²) in [6.07, 6.45) is 1.37. The highest BCUT2D eigenvalue weighted by Gasteiger charge is 2.26. The number of ether oxygens (including phenoxy) is 2. The number of hydrogen-bond acceptors (Lipinski definition) is 5. The second kappa shape index (κ2) is 8.67. The summed E-state index contributed by atoms with van der Waals surface area (Å²) in [5.41, 5.74) is 1.25. The molecule has 1 aliphatic rings. The molecule has 4 rings (SSSR count). The smallest absolute Gasteiger partial charge is 0.321 e. The van der Waals surface area contributed by atoms with Gasteiger partial charge in [0, 0.05) is 25.2 Å². The third kappa shape index (κ3) is 4.05. The van der Waals surface area contributed by atoms with Gasteiger partial charge in [-0.2, -0.15) is 0 Å². The number of aromatic nitrogens is 2. The molecule has 31 heavy (non-hydrogen) atoms. The zero-order valence-corrected chi connectivity index (χ0v) is 17.9. The minimum Gasteiger partial charge on any atom is -0.497 e. The van der Waals surface area contributed by atoms with E-state index in [1.807, 2.05) is 31.2 Å². The number of nitrogens with zero attached hydrogens (tertiary/aromatic N) is 3. The van der Waals surface area contributed by atoms with E-state index >= 15 is 0 Å². The Labute approximate surface area is 180 Å². The normalized spacial score (nSPS) is 14.5. The van der Waals surface area contributed by atoms with Gasteiger partial charge in [-0.1, -0.05) is 12.1 Å². The predicted molar refractivity (Wildman–Crippen MR) is 119 cm³/mol. The molecule has 1 fully saturated rings. The number of rotatable bonds is 4. The molecule has 0 radical (unpaired) electrons. The molecule has 1 saturated heterocycles. The third-order valence-corrected chi connectivity index (χ3v) is 5.75. The van der Waals surface area contributed by atoms with Crippen molar-refractivity contribution in [3.8, 4) is 11.5 Å². The number of carbonyl (C=O) groups excluding carboxylic acids is 1. The number of fused-ring (bicyclic) bond motifs is 1. The number of hydrogen-bond donors (Lipinski definition) is 1. The van der Waals surface area contributed by atoms with E-state index < -0.39 is 0 Å². The van der Waals surface area contributed by atoms with Crippen LogP contribution in [0.3, 0.4) is 0 Å². The van der Waals surface area contributed by atoms with Crippen molar-refractivity contribution in [1.82, 2.24) is 14.5 Å². The molecule has 162 valence electrons. The SMILES string of the molecule is COc1ccc(OC)c(NC(=O)N2CCC(n3c(C)nc4ccccc4c3=O)CC2)c1. The lowest BCUT2D eigenvalue weighted by Crippen LogP contribution is -2.43. The Hall–Kier alpha value is -3.55. The van der Waals surface area contributed by atoms with Crippen molar-refractivity contribution < 1.29 is 14.3 Å². The zero-order chi connectivity index (χ0) is 22.0. The first-order chi connectivity index (χ1) is 15.0. The predicted octanol–water partition coefficient (Wildman–Crippen LogP) is 3.59. The van der Waals surface area contributed by atoms with Gasteiger partial charge in [-0.25, -0.2) is 9.78 Å². The average molecular weight is 422 g/mol. The molecule has 8 heteroatoms. The van der Waals surface area contributed by atoms with E-state index in [-0.39, 0.29) is 17.6 Å². The number of likely N-dealkylation sites (tertiary alicyclic amines) is 1. The van der Waals surface area contributed by atoms with Crippen LogP contribution in [-0.2, 0) is 0 Å². The van der Waals surface area contributed by atoms with Crippen LogP contribution in [0.4, 0.5) is 10.5 Å². The van der Waals surface area contributed by atoms with Crippen molar-refractivity contribution in [3.05, 3.63) is 58.6 Å². The lowest BCUT2D eigenvalue weighted by Gasteiger charge is -2.33. The molecule has 2 heterocycles. The van der Waals surface area contributed by atoms with Crippen LogP contribution in [0.5, 0.6) is 11.5 Å². The number of anilines is 1. The molecule has 1 aliphatic heterocycles. The van der Waals surface area contributed by atoms with E-state index in [9.17, 15) is 9.59 Å². The third-order valence-electron chi connectivity index (χ3n) is 5.75. The second-order valence-corrected chi connectivity index (χ2v) is 7.57. The molecule has 3 aromatic rings. The fourth-order valence-electron chi connectivity index (χ4n) is 4.12. The van der Waals surface area contributed by atoms with Crippen LogP contribution in [0.25, 0.3) is 10.9 Å². The number of benzene rings is 2. The maximum absolute atomic E-state index is 13.0. The van der Waals surface area contributed by atoms with Crippen molar-refractivity contribution in [1.29, 1.82) is 0 Å². The standard InChI is InChI=1S/C23H26N4O4/c1-15-24-19-7-5-4-6-18(19)22(28)27(15)16-10-12-26(13-11-16)23(29)25-20-14-17(30-2)8-9-21(20)31-3/h4-9,14,16H,10-13H2,1-3H3,(H,25,29). The van der Waals surface area contributed by atoms with E-state index in [2.05, 4.69) is 10.3 Å². The first kappa shape index (κ1) is 20.7. The highest BCUT2D eigenvalue weighted by Crippen LogP contribution is 2.30. The van der Waals surface area contributed by atoms with Gasteiger partial charge < -0.3 is 19.7 Å². The number of aryl methyl sites for hydroxylation is 1. The van der Waals surface area contributed by atoms with E-state index in [0.717, 1.165) is 0 Å². The minimum atomic E-state index is -0.203. The van der Waals surface area contributed by atoms with Crippen LogP contribution in [0, 0.1) is 6.92 Å². The number of piperidine rings is 1. The number of nitrogens with one attached hydrogen (secondary N) is 1. The van der Waals surface area contributed by atoms with Gasteiger partial charge in [-0.3, -0.25) is 9.36 Å². The molecule has 0 saturated carbocycles. The molecular weight excluding hydrogens is 396 g/mol. The van der Waals surface area contributed by atoms with E-state index in [1.54, 1.807) is 41.9 Å². The molecule has 0 atom stereocenters. The monoisotopic (exact) mass is 422 g/mol. The molecular formula is C23H26N4O4. The van der Waals surface area contributed by atoms with E-state index in [4.69, 9.17) is 9.47 Å². The van der Waals surface area contributed by atoms with Gasteiger partial charge >= 0.3 is 6.03 Å². The van der Waals surface area contributed by atoms with Crippen molar-refractivity contribution in [2.75, 3.05) is 32.6 Å². The van der Waals surface area contributed by atoms with Crippen molar-refractivity contribution in [2.45, 2.75) is 25.8 Å². The Morgan fingerprint density at radius 2 is 1.84 bits per heavy atom. The molecule has 0 aliphatic carbocycles. The van der Waals surface area contributed by atoms with Gasteiger partial charge in [0.2, 0.25) is 0 Å². The molecule has 0 bridgehead atoms. The lowest BCUT2D eigenvalue weighted by atomic mass is 10.0.